The number of phenols is 1. The van der Waals surface area contributed by atoms with E-state index in [0.717, 1.165) is 0 Å². The maximum absolute atomic E-state index is 10.1. The van der Waals surface area contributed by atoms with Crippen molar-refractivity contribution in [3.63, 3.8) is 0 Å². The summed E-state index contributed by atoms with van der Waals surface area (Å²) in [5.74, 6) is 0.106. The smallest absolute Gasteiger partial charge is 0.337 e. The van der Waals surface area contributed by atoms with Crippen LogP contribution in [0.25, 0.3) is 6.08 Å². The fourth-order valence-corrected chi connectivity index (χ4v) is 0.887. The van der Waals surface area contributed by atoms with Crippen LogP contribution in [0.15, 0.2) is 29.4 Å². The molecule has 0 bridgehead atoms. The topological polar surface area (TPSA) is 63.4 Å². The summed E-state index contributed by atoms with van der Waals surface area (Å²) in [5, 5.41) is 18.6. The summed E-state index contributed by atoms with van der Waals surface area (Å²) in [4.78, 5) is 9.44. The van der Waals surface area contributed by atoms with E-state index < -0.39 is 10.1 Å². The molecule has 1 aromatic carbocycles. The molecule has 0 saturated heterocycles. The van der Waals surface area contributed by atoms with Gasteiger partial charge in [-0.2, -0.15) is 0 Å². The van der Waals surface area contributed by atoms with E-state index >= 15 is 0 Å². The van der Waals surface area contributed by atoms with E-state index in [9.17, 15) is 10.1 Å². The summed E-state index contributed by atoms with van der Waals surface area (Å²) in [6, 6.07) is 5.91. The lowest BCUT2D eigenvalue weighted by Crippen LogP contribution is -1.90. The van der Waals surface area contributed by atoms with Crippen LogP contribution in [0.2, 0.25) is 0 Å². The number of hydrogen-bond acceptors (Lipinski definition) is 3. The number of aromatic hydroxyl groups is 1. The average Bonchev–Trinajstić information content (AvgIpc) is 2.08. The van der Waals surface area contributed by atoms with Crippen LogP contribution in [0.1, 0.15) is 5.56 Å². The molecule has 0 spiro atoms. The van der Waals surface area contributed by atoms with Crippen molar-refractivity contribution in [3.05, 3.63) is 45.1 Å². The third-order valence-electron chi connectivity index (χ3n) is 1.35. The van der Waals surface area contributed by atoms with Gasteiger partial charge in [-0.3, -0.25) is 10.1 Å². The molecule has 13 heavy (non-hydrogen) atoms. The summed E-state index contributed by atoms with van der Waals surface area (Å²) in [6.45, 7) is 0. The first kappa shape index (κ1) is 9.54. The van der Waals surface area contributed by atoms with Crippen LogP contribution in [0.5, 0.6) is 5.75 Å². The van der Waals surface area contributed by atoms with Crippen molar-refractivity contribution >= 4 is 17.7 Å². The number of benzene rings is 1. The Morgan fingerprint density at radius 3 is 2.46 bits per heavy atom. The molecule has 0 aliphatic heterocycles. The summed E-state index contributed by atoms with van der Waals surface area (Å²) in [7, 11) is 0. The third-order valence-corrected chi connectivity index (χ3v) is 1.60. The van der Waals surface area contributed by atoms with Crippen molar-refractivity contribution in [1.82, 2.24) is 0 Å². The van der Waals surface area contributed by atoms with Gasteiger partial charge in [-0.25, -0.2) is 0 Å². The minimum absolute atomic E-state index is 0.106. The Kier molecular flexibility index (Phi) is 2.87. The fourth-order valence-electron chi connectivity index (χ4n) is 0.761. The number of hydrogen-bond donors (Lipinski definition) is 1. The Hall–Kier alpha value is -1.55. The third kappa shape index (κ3) is 2.76. The van der Waals surface area contributed by atoms with Crippen LogP contribution in [0, 0.1) is 10.1 Å². The van der Waals surface area contributed by atoms with Gasteiger partial charge in [0.05, 0.1) is 4.92 Å². The van der Waals surface area contributed by atoms with E-state index in [1.807, 2.05) is 0 Å². The van der Waals surface area contributed by atoms with Gasteiger partial charge in [0.15, 0.2) is 0 Å². The Labute approximate surface area is 79.2 Å². The van der Waals surface area contributed by atoms with E-state index in [1.165, 1.54) is 30.3 Å². The minimum Gasteiger partial charge on any atom is -0.508 e. The molecule has 0 saturated carbocycles. The van der Waals surface area contributed by atoms with Gasteiger partial charge in [0.2, 0.25) is 0 Å². The molecule has 0 heterocycles. The number of rotatable bonds is 2. The molecule has 0 fully saturated rings. The molecule has 0 atom stereocenters. The predicted molar refractivity (Wildman–Crippen MR) is 48.9 cm³/mol. The highest BCUT2D eigenvalue weighted by Gasteiger charge is 2.04. The summed E-state index contributed by atoms with van der Waals surface area (Å²) in [5.41, 5.74) is 0.569. The maximum Gasteiger partial charge on any atom is 0.337 e. The SMILES string of the molecule is O=[N+]([O-])/C(Cl)=C/c1ccc(O)cc1. The van der Waals surface area contributed by atoms with Crippen molar-refractivity contribution in [2.24, 2.45) is 0 Å². The molecule has 0 aromatic heterocycles. The first-order chi connectivity index (χ1) is 6.09. The van der Waals surface area contributed by atoms with Crippen molar-refractivity contribution < 1.29 is 10.0 Å². The van der Waals surface area contributed by atoms with Crippen LogP contribution in [0.3, 0.4) is 0 Å². The standard InChI is InChI=1S/C8H6ClNO3/c9-8(10(12)13)5-6-1-3-7(11)4-2-6/h1-5,11H/b8-5+. The van der Waals surface area contributed by atoms with Gasteiger partial charge in [-0.15, -0.1) is 0 Å². The second kappa shape index (κ2) is 3.91. The Bertz CT molecular complexity index is 345. The zero-order chi connectivity index (χ0) is 9.84. The van der Waals surface area contributed by atoms with Gasteiger partial charge < -0.3 is 5.11 Å². The minimum atomic E-state index is -0.686. The lowest BCUT2D eigenvalue weighted by Gasteiger charge is -1.92. The van der Waals surface area contributed by atoms with Gasteiger partial charge in [0.25, 0.3) is 0 Å². The molecule has 1 N–H and O–H groups in total. The molecular formula is C8H6ClNO3. The first-order valence-corrected chi connectivity index (χ1v) is 3.78. The highest BCUT2D eigenvalue weighted by molar-refractivity contribution is 6.29. The molecule has 0 radical (unpaired) electrons. The summed E-state index contributed by atoms with van der Waals surface area (Å²) >= 11 is 5.29. The largest absolute Gasteiger partial charge is 0.508 e. The Balaban J connectivity index is 2.92. The lowest BCUT2D eigenvalue weighted by atomic mass is 10.2. The van der Waals surface area contributed by atoms with Gasteiger partial charge >= 0.3 is 5.16 Å². The summed E-state index contributed by atoms with van der Waals surface area (Å²) in [6.07, 6.45) is 1.21. The number of nitro groups is 1. The van der Waals surface area contributed by atoms with E-state index in [2.05, 4.69) is 0 Å². The average molecular weight is 200 g/mol. The Morgan fingerprint density at radius 1 is 1.46 bits per heavy atom. The predicted octanol–water partition coefficient (Wildman–Crippen LogP) is 2.21. The quantitative estimate of drug-likeness (QED) is 0.451. The highest BCUT2D eigenvalue weighted by atomic mass is 35.5. The molecule has 0 aliphatic carbocycles. The molecule has 5 heteroatoms. The molecule has 4 nitrogen and oxygen atoms in total. The normalized spacial score (nSPS) is 11.3. The van der Waals surface area contributed by atoms with Crippen LogP contribution >= 0.6 is 11.6 Å². The van der Waals surface area contributed by atoms with Crippen LogP contribution in [0.4, 0.5) is 0 Å². The molecule has 0 aliphatic rings. The molecule has 0 unspecified atom stereocenters. The summed E-state index contributed by atoms with van der Waals surface area (Å²) < 4.78 is 0. The van der Waals surface area contributed by atoms with E-state index in [0.29, 0.717) is 5.56 Å². The van der Waals surface area contributed by atoms with Crippen LogP contribution in [-0.4, -0.2) is 10.0 Å². The second-order valence-electron chi connectivity index (χ2n) is 2.32. The van der Waals surface area contributed by atoms with Crippen molar-refractivity contribution in [3.8, 4) is 5.75 Å². The Morgan fingerprint density at radius 2 is 2.00 bits per heavy atom. The highest BCUT2D eigenvalue weighted by Crippen LogP contribution is 2.14. The number of nitrogens with zero attached hydrogens (tertiary/aromatic N) is 1. The number of phenolic OH excluding ortho intramolecular Hbond substituents is 1. The molecule has 1 aromatic rings. The van der Waals surface area contributed by atoms with Crippen molar-refractivity contribution in [2.45, 2.75) is 0 Å². The van der Waals surface area contributed by atoms with Gasteiger partial charge in [-0.1, -0.05) is 12.1 Å². The van der Waals surface area contributed by atoms with Gasteiger partial charge in [-0.05, 0) is 29.3 Å². The zero-order valence-electron chi connectivity index (χ0n) is 6.48. The second-order valence-corrected chi connectivity index (χ2v) is 2.70. The van der Waals surface area contributed by atoms with Crippen LogP contribution in [-0.2, 0) is 0 Å². The van der Waals surface area contributed by atoms with Crippen molar-refractivity contribution in [1.29, 1.82) is 0 Å². The van der Waals surface area contributed by atoms with Gasteiger partial charge in [0.1, 0.15) is 5.75 Å². The van der Waals surface area contributed by atoms with Crippen LogP contribution < -0.4 is 0 Å². The lowest BCUT2D eigenvalue weighted by molar-refractivity contribution is -0.410. The monoisotopic (exact) mass is 199 g/mol. The van der Waals surface area contributed by atoms with E-state index in [4.69, 9.17) is 16.7 Å². The molecule has 0 amide bonds. The maximum atomic E-state index is 10.1. The van der Waals surface area contributed by atoms with Crippen molar-refractivity contribution in [2.75, 3.05) is 0 Å². The first-order valence-electron chi connectivity index (χ1n) is 3.40. The molecule has 68 valence electrons. The zero-order valence-corrected chi connectivity index (χ0v) is 7.23. The van der Waals surface area contributed by atoms with Gasteiger partial charge in [0, 0.05) is 6.08 Å². The molecule has 1 rings (SSSR count). The number of halogens is 1. The van der Waals surface area contributed by atoms with E-state index in [1.54, 1.807) is 0 Å². The van der Waals surface area contributed by atoms with E-state index in [-0.39, 0.29) is 5.75 Å². The fraction of sp³-hybridized carbons (Fsp3) is 0. The molecular weight excluding hydrogens is 194 g/mol.